The second-order valence-electron chi connectivity index (χ2n) is 5.71. The molecule has 138 valence electrons. The van der Waals surface area contributed by atoms with Gasteiger partial charge in [-0.05, 0) is 12.8 Å². The fourth-order valence-electron chi connectivity index (χ4n) is 2.55. The molecule has 2 N–H and O–H groups in total. The first-order chi connectivity index (χ1) is 11.9. The molecule has 1 fully saturated rings. The smallest absolute Gasteiger partial charge is 0.335 e. The second-order valence-corrected chi connectivity index (χ2v) is 5.71. The molecule has 0 aliphatic carbocycles. The molecular formula is C16H21NO8. The van der Waals surface area contributed by atoms with Crippen LogP contribution in [0.1, 0.15) is 25.7 Å². The van der Waals surface area contributed by atoms with Gasteiger partial charge in [0.25, 0.3) is 0 Å². The summed E-state index contributed by atoms with van der Waals surface area (Å²) < 4.78 is 15.1. The van der Waals surface area contributed by atoms with Crippen LogP contribution < -0.4 is 0 Å². The molecule has 0 aromatic rings. The number of carbonyl (C=O) groups excluding carboxylic acids is 2. The van der Waals surface area contributed by atoms with Crippen LogP contribution in [0.4, 0.5) is 0 Å². The molecule has 25 heavy (non-hydrogen) atoms. The number of methoxy groups -OCH3 is 1. The standard InChI is InChI=1S/C16H21NO8/c1-23-16(22)12(18)7-14(19)24-9-11-4-5-13(25-11)17-6-2-3-10(8-17)15(20)21/h2,6,8,11-13,18H,3-5,7,9H2,1H3,(H,20,21). The molecule has 3 unspecified atom stereocenters. The first-order valence-corrected chi connectivity index (χ1v) is 7.85. The van der Waals surface area contributed by atoms with E-state index in [1.54, 1.807) is 17.2 Å². The number of carboxylic acid groups (broad SMARTS) is 1. The predicted molar refractivity (Wildman–Crippen MR) is 82.8 cm³/mol. The molecule has 2 rings (SSSR count). The number of carbonyl (C=O) groups is 3. The van der Waals surface area contributed by atoms with E-state index in [1.165, 1.54) is 6.20 Å². The number of aliphatic hydroxyl groups excluding tert-OH is 1. The minimum absolute atomic E-state index is 0.00369. The molecule has 3 atom stereocenters. The van der Waals surface area contributed by atoms with Crippen LogP contribution >= 0.6 is 0 Å². The number of ether oxygens (including phenoxy) is 3. The highest BCUT2D eigenvalue weighted by molar-refractivity contribution is 5.87. The van der Waals surface area contributed by atoms with Crippen molar-refractivity contribution < 1.29 is 38.8 Å². The molecular weight excluding hydrogens is 334 g/mol. The van der Waals surface area contributed by atoms with Gasteiger partial charge in [-0.15, -0.1) is 0 Å². The lowest BCUT2D eigenvalue weighted by atomic mass is 10.1. The lowest BCUT2D eigenvalue weighted by Gasteiger charge is -2.26. The zero-order chi connectivity index (χ0) is 18.4. The Kier molecular flexibility index (Phi) is 6.54. The van der Waals surface area contributed by atoms with Crippen molar-refractivity contribution in [3.05, 3.63) is 24.0 Å². The third kappa shape index (κ3) is 5.30. The minimum atomic E-state index is -1.55. The van der Waals surface area contributed by atoms with Crippen molar-refractivity contribution in [1.82, 2.24) is 4.90 Å². The highest BCUT2D eigenvalue weighted by atomic mass is 16.6. The maximum absolute atomic E-state index is 11.6. The van der Waals surface area contributed by atoms with Crippen molar-refractivity contribution >= 4 is 17.9 Å². The maximum atomic E-state index is 11.6. The molecule has 0 aromatic heterocycles. The Morgan fingerprint density at radius 1 is 1.40 bits per heavy atom. The van der Waals surface area contributed by atoms with Crippen molar-refractivity contribution in [2.75, 3.05) is 13.7 Å². The molecule has 0 bridgehead atoms. The topological polar surface area (TPSA) is 123 Å². The molecule has 0 radical (unpaired) electrons. The summed E-state index contributed by atoms with van der Waals surface area (Å²) in [7, 11) is 1.11. The molecule has 9 nitrogen and oxygen atoms in total. The quantitative estimate of drug-likeness (QED) is 0.614. The Balaban J connectivity index is 1.77. The number of aliphatic hydroxyl groups is 1. The summed E-state index contributed by atoms with van der Waals surface area (Å²) in [5.41, 5.74) is 0.276. The SMILES string of the molecule is COC(=O)C(O)CC(=O)OCC1CCC(N2C=CCC(C(=O)O)=C2)O1. The van der Waals surface area contributed by atoms with Crippen molar-refractivity contribution in [2.24, 2.45) is 0 Å². The van der Waals surface area contributed by atoms with Gasteiger partial charge in [-0.1, -0.05) is 6.08 Å². The molecule has 0 amide bonds. The van der Waals surface area contributed by atoms with E-state index in [9.17, 15) is 19.5 Å². The van der Waals surface area contributed by atoms with Crippen molar-refractivity contribution in [1.29, 1.82) is 0 Å². The summed E-state index contributed by atoms with van der Waals surface area (Å²) in [6, 6.07) is 0. The molecule has 0 saturated carbocycles. The van der Waals surface area contributed by atoms with Crippen molar-refractivity contribution in [3.63, 3.8) is 0 Å². The molecule has 0 aromatic carbocycles. The van der Waals surface area contributed by atoms with Crippen LogP contribution in [0.2, 0.25) is 0 Å². The monoisotopic (exact) mass is 355 g/mol. The summed E-state index contributed by atoms with van der Waals surface area (Å²) in [5, 5.41) is 18.4. The Hall–Kier alpha value is -2.39. The summed E-state index contributed by atoms with van der Waals surface area (Å²) in [5.74, 6) is -2.59. The van der Waals surface area contributed by atoms with Crippen LogP contribution in [-0.2, 0) is 28.6 Å². The zero-order valence-electron chi connectivity index (χ0n) is 13.8. The van der Waals surface area contributed by atoms with Gasteiger partial charge in [0.15, 0.2) is 6.10 Å². The number of hydrogen-bond donors (Lipinski definition) is 2. The molecule has 1 saturated heterocycles. The third-order valence-corrected chi connectivity index (χ3v) is 3.88. The number of rotatable bonds is 7. The Labute approximate surface area is 144 Å². The maximum Gasteiger partial charge on any atom is 0.335 e. The van der Waals surface area contributed by atoms with E-state index < -0.39 is 30.4 Å². The van der Waals surface area contributed by atoms with Crippen LogP contribution in [0.15, 0.2) is 24.0 Å². The van der Waals surface area contributed by atoms with E-state index >= 15 is 0 Å². The van der Waals surface area contributed by atoms with Crippen LogP contribution in [0, 0.1) is 0 Å². The number of carboxylic acids is 1. The fraction of sp³-hybridized carbons (Fsp3) is 0.562. The molecule has 9 heteroatoms. The first kappa shape index (κ1) is 18.9. The lowest BCUT2D eigenvalue weighted by molar-refractivity contribution is -0.160. The van der Waals surface area contributed by atoms with Gasteiger partial charge in [0, 0.05) is 18.8 Å². The largest absolute Gasteiger partial charge is 0.478 e. The number of allylic oxidation sites excluding steroid dienone is 1. The molecule has 2 aliphatic heterocycles. The molecule has 2 heterocycles. The molecule has 2 aliphatic rings. The van der Waals surface area contributed by atoms with Gasteiger partial charge in [0.05, 0.1) is 25.2 Å². The van der Waals surface area contributed by atoms with Crippen LogP contribution in [0.5, 0.6) is 0 Å². The Morgan fingerprint density at radius 3 is 2.84 bits per heavy atom. The normalized spacial score (nSPS) is 23.8. The van der Waals surface area contributed by atoms with Crippen molar-refractivity contribution in [2.45, 2.75) is 44.1 Å². The lowest BCUT2D eigenvalue weighted by Crippen LogP contribution is -2.30. The second kappa shape index (κ2) is 8.63. The van der Waals surface area contributed by atoms with Gasteiger partial charge in [-0.25, -0.2) is 9.59 Å². The number of aliphatic carboxylic acids is 1. The first-order valence-electron chi connectivity index (χ1n) is 7.85. The minimum Gasteiger partial charge on any atom is -0.478 e. The number of hydrogen-bond acceptors (Lipinski definition) is 8. The van der Waals surface area contributed by atoms with Gasteiger partial charge in [-0.3, -0.25) is 4.79 Å². The van der Waals surface area contributed by atoms with Gasteiger partial charge >= 0.3 is 17.9 Å². The number of esters is 2. The van der Waals surface area contributed by atoms with E-state index in [4.69, 9.17) is 14.6 Å². The van der Waals surface area contributed by atoms with E-state index in [-0.39, 0.29) is 24.5 Å². The van der Waals surface area contributed by atoms with E-state index in [2.05, 4.69) is 4.74 Å². The highest BCUT2D eigenvalue weighted by Crippen LogP contribution is 2.26. The summed E-state index contributed by atoms with van der Waals surface area (Å²) in [6.45, 7) is -0.00369. The van der Waals surface area contributed by atoms with Gasteiger partial charge < -0.3 is 29.3 Å². The van der Waals surface area contributed by atoms with Crippen LogP contribution in [0.25, 0.3) is 0 Å². The Bertz CT molecular complexity index is 585. The van der Waals surface area contributed by atoms with Crippen LogP contribution in [-0.4, -0.2) is 65.2 Å². The highest BCUT2D eigenvalue weighted by Gasteiger charge is 2.30. The molecule has 0 spiro atoms. The average Bonchev–Trinajstić information content (AvgIpc) is 3.08. The van der Waals surface area contributed by atoms with E-state index in [1.807, 2.05) is 0 Å². The fourth-order valence-corrected chi connectivity index (χ4v) is 2.55. The van der Waals surface area contributed by atoms with Gasteiger partial charge in [-0.2, -0.15) is 0 Å². The van der Waals surface area contributed by atoms with Crippen LogP contribution in [0.3, 0.4) is 0 Å². The zero-order valence-corrected chi connectivity index (χ0v) is 13.8. The van der Waals surface area contributed by atoms with E-state index in [0.29, 0.717) is 19.3 Å². The Morgan fingerprint density at radius 2 is 2.16 bits per heavy atom. The average molecular weight is 355 g/mol. The summed E-state index contributed by atoms with van der Waals surface area (Å²) in [4.78, 5) is 35.4. The predicted octanol–water partition coefficient (Wildman–Crippen LogP) is 0.147. The summed E-state index contributed by atoms with van der Waals surface area (Å²) >= 11 is 0. The number of nitrogens with zero attached hydrogens (tertiary/aromatic N) is 1. The third-order valence-electron chi connectivity index (χ3n) is 3.88. The van der Waals surface area contributed by atoms with E-state index in [0.717, 1.165) is 7.11 Å². The van der Waals surface area contributed by atoms with Crippen molar-refractivity contribution in [3.8, 4) is 0 Å². The van der Waals surface area contributed by atoms with Gasteiger partial charge in [0.1, 0.15) is 12.8 Å². The van der Waals surface area contributed by atoms with Gasteiger partial charge in [0.2, 0.25) is 0 Å². The summed E-state index contributed by atoms with van der Waals surface area (Å²) in [6.07, 6.45) is 4.01.